The van der Waals surface area contributed by atoms with Gasteiger partial charge in [0.25, 0.3) is 0 Å². The van der Waals surface area contributed by atoms with Crippen LogP contribution < -0.4 is 0 Å². The summed E-state index contributed by atoms with van der Waals surface area (Å²) in [6, 6.07) is 0.646. The van der Waals surface area contributed by atoms with Gasteiger partial charge >= 0.3 is 5.97 Å². The van der Waals surface area contributed by atoms with Crippen LogP contribution in [0, 0.1) is 11.8 Å². The third-order valence-electron chi connectivity index (χ3n) is 4.84. The summed E-state index contributed by atoms with van der Waals surface area (Å²) in [4.78, 5) is 13.8. The van der Waals surface area contributed by atoms with Gasteiger partial charge in [0.2, 0.25) is 0 Å². The fraction of sp³-hybridized carbons (Fsp3) is 0.933. The molecule has 2 fully saturated rings. The molecule has 0 bridgehead atoms. The second-order valence-corrected chi connectivity index (χ2v) is 5.95. The zero-order valence-corrected chi connectivity index (χ0v) is 12.2. The number of hydrogen-bond donors (Lipinski definition) is 1. The van der Waals surface area contributed by atoms with Crippen molar-refractivity contribution in [2.24, 2.45) is 11.8 Å². The lowest BCUT2D eigenvalue weighted by Crippen LogP contribution is -2.50. The highest BCUT2D eigenvalue weighted by molar-refractivity contribution is 5.71. The Morgan fingerprint density at radius 3 is 2.68 bits per heavy atom. The van der Waals surface area contributed by atoms with Crippen molar-refractivity contribution in [3.63, 3.8) is 0 Å². The molecule has 0 aromatic heterocycles. The zero-order valence-electron chi connectivity index (χ0n) is 12.2. The van der Waals surface area contributed by atoms with Crippen molar-refractivity contribution in [1.29, 1.82) is 0 Å². The van der Waals surface area contributed by atoms with Crippen molar-refractivity contribution in [3.05, 3.63) is 0 Å². The van der Waals surface area contributed by atoms with Crippen LogP contribution in [-0.2, 0) is 9.53 Å². The average Bonchev–Trinajstić information content (AvgIpc) is 3.04. The molecule has 0 aromatic rings. The molecule has 19 heavy (non-hydrogen) atoms. The van der Waals surface area contributed by atoms with Crippen LogP contribution in [0.15, 0.2) is 0 Å². The van der Waals surface area contributed by atoms with Crippen molar-refractivity contribution in [1.82, 2.24) is 4.90 Å². The molecule has 0 radical (unpaired) electrons. The Balaban J connectivity index is 2.12. The Morgan fingerprint density at radius 1 is 1.26 bits per heavy atom. The van der Waals surface area contributed by atoms with Gasteiger partial charge in [-0.1, -0.05) is 26.7 Å². The maximum Gasteiger partial charge on any atom is 0.310 e. The fourth-order valence-electron chi connectivity index (χ4n) is 3.87. The van der Waals surface area contributed by atoms with E-state index in [1.54, 1.807) is 0 Å². The fourth-order valence-corrected chi connectivity index (χ4v) is 3.87. The lowest BCUT2D eigenvalue weighted by atomic mass is 9.94. The Hall–Kier alpha value is -0.610. The Kier molecular flexibility index (Phi) is 5.22. The van der Waals surface area contributed by atoms with Gasteiger partial charge in [0, 0.05) is 12.1 Å². The minimum absolute atomic E-state index is 0.0783. The lowest BCUT2D eigenvalue weighted by molar-refractivity contribution is -0.143. The molecular formula is C15H27NO3. The van der Waals surface area contributed by atoms with Gasteiger partial charge in [0.1, 0.15) is 0 Å². The summed E-state index contributed by atoms with van der Waals surface area (Å²) in [7, 11) is 0. The molecule has 4 nitrogen and oxygen atoms in total. The molecule has 2 rings (SSSR count). The van der Waals surface area contributed by atoms with Gasteiger partial charge in [-0.15, -0.1) is 0 Å². The molecule has 0 aromatic carbocycles. The quantitative estimate of drug-likeness (QED) is 0.804. The topological polar surface area (TPSA) is 49.8 Å². The first-order valence-corrected chi connectivity index (χ1v) is 7.75. The zero-order chi connectivity index (χ0) is 13.8. The van der Waals surface area contributed by atoms with Gasteiger partial charge in [0.15, 0.2) is 0 Å². The molecule has 4 heteroatoms. The average molecular weight is 269 g/mol. The maximum absolute atomic E-state index is 11.4. The van der Waals surface area contributed by atoms with Crippen LogP contribution in [0.2, 0.25) is 0 Å². The van der Waals surface area contributed by atoms with Crippen LogP contribution in [-0.4, -0.2) is 47.8 Å². The van der Waals surface area contributed by atoms with E-state index in [1.807, 2.05) is 0 Å². The summed E-state index contributed by atoms with van der Waals surface area (Å²) in [6.07, 6.45) is 6.09. The molecule has 1 aliphatic carbocycles. The van der Waals surface area contributed by atoms with Crippen molar-refractivity contribution in [3.8, 4) is 0 Å². The molecule has 1 aliphatic heterocycles. The van der Waals surface area contributed by atoms with Crippen LogP contribution in [0.4, 0.5) is 0 Å². The molecule has 4 atom stereocenters. The highest BCUT2D eigenvalue weighted by Crippen LogP contribution is 2.35. The minimum Gasteiger partial charge on any atom is -0.481 e. The number of carboxylic acids is 1. The highest BCUT2D eigenvalue weighted by atomic mass is 16.5. The molecule has 2 aliphatic rings. The van der Waals surface area contributed by atoms with Crippen molar-refractivity contribution in [2.75, 3.05) is 19.8 Å². The van der Waals surface area contributed by atoms with Gasteiger partial charge in [-0.25, -0.2) is 0 Å². The van der Waals surface area contributed by atoms with Gasteiger partial charge in [-0.3, -0.25) is 9.69 Å². The number of nitrogens with zero attached hydrogens (tertiary/aromatic N) is 1. The third-order valence-corrected chi connectivity index (χ3v) is 4.84. The van der Waals surface area contributed by atoms with E-state index in [0.29, 0.717) is 19.3 Å². The van der Waals surface area contributed by atoms with Crippen LogP contribution >= 0.6 is 0 Å². The van der Waals surface area contributed by atoms with Crippen LogP contribution in [0.1, 0.15) is 46.0 Å². The van der Waals surface area contributed by atoms with Gasteiger partial charge in [0.05, 0.1) is 19.1 Å². The SMILES string of the molecule is CCCN(C1CCCC1CC)C1COCC1C(=O)O. The summed E-state index contributed by atoms with van der Waals surface area (Å²) in [6.45, 7) is 6.40. The van der Waals surface area contributed by atoms with Crippen molar-refractivity contribution in [2.45, 2.75) is 58.0 Å². The first kappa shape index (κ1) is 14.8. The number of carbonyl (C=O) groups is 1. The van der Waals surface area contributed by atoms with Crippen LogP contribution in [0.25, 0.3) is 0 Å². The first-order chi connectivity index (χ1) is 9.19. The van der Waals surface area contributed by atoms with Crippen molar-refractivity contribution < 1.29 is 14.6 Å². The Labute approximate surface area is 116 Å². The summed E-state index contributed by atoms with van der Waals surface area (Å²) in [5, 5.41) is 9.36. The first-order valence-electron chi connectivity index (χ1n) is 7.75. The molecular weight excluding hydrogens is 242 g/mol. The van der Waals surface area contributed by atoms with E-state index < -0.39 is 5.97 Å². The predicted molar refractivity (Wildman–Crippen MR) is 74.1 cm³/mol. The molecule has 1 saturated heterocycles. The molecule has 110 valence electrons. The van der Waals surface area contributed by atoms with E-state index in [1.165, 1.54) is 25.7 Å². The van der Waals surface area contributed by atoms with E-state index in [9.17, 15) is 9.90 Å². The smallest absolute Gasteiger partial charge is 0.310 e. The van der Waals surface area contributed by atoms with Gasteiger partial charge in [-0.2, -0.15) is 0 Å². The summed E-state index contributed by atoms with van der Waals surface area (Å²) in [5.41, 5.74) is 0. The largest absolute Gasteiger partial charge is 0.481 e. The number of aliphatic carboxylic acids is 1. The number of rotatable bonds is 6. The second-order valence-electron chi connectivity index (χ2n) is 5.95. The lowest BCUT2D eigenvalue weighted by Gasteiger charge is -2.38. The number of carboxylic acid groups (broad SMARTS) is 1. The van der Waals surface area contributed by atoms with E-state index in [2.05, 4.69) is 18.7 Å². The summed E-state index contributed by atoms with van der Waals surface area (Å²) >= 11 is 0. The molecule has 0 spiro atoms. The summed E-state index contributed by atoms with van der Waals surface area (Å²) in [5.74, 6) is -0.305. The van der Waals surface area contributed by atoms with Gasteiger partial charge in [-0.05, 0) is 31.7 Å². The Bertz CT molecular complexity index is 308. The predicted octanol–water partition coefficient (Wildman–Crippen LogP) is 2.38. The molecule has 4 unspecified atom stereocenters. The van der Waals surface area contributed by atoms with E-state index in [0.717, 1.165) is 18.9 Å². The van der Waals surface area contributed by atoms with E-state index in [4.69, 9.17) is 4.74 Å². The number of ether oxygens (including phenoxy) is 1. The van der Waals surface area contributed by atoms with Crippen LogP contribution in [0.5, 0.6) is 0 Å². The molecule has 1 saturated carbocycles. The minimum atomic E-state index is -0.699. The summed E-state index contributed by atoms with van der Waals surface area (Å²) < 4.78 is 5.46. The highest BCUT2D eigenvalue weighted by Gasteiger charge is 2.42. The number of hydrogen-bond acceptors (Lipinski definition) is 3. The van der Waals surface area contributed by atoms with Crippen molar-refractivity contribution >= 4 is 5.97 Å². The van der Waals surface area contributed by atoms with E-state index in [-0.39, 0.29) is 12.0 Å². The monoisotopic (exact) mass is 269 g/mol. The van der Waals surface area contributed by atoms with Crippen LogP contribution in [0.3, 0.4) is 0 Å². The molecule has 1 heterocycles. The normalized spacial score (nSPS) is 35.1. The molecule has 1 N–H and O–H groups in total. The van der Waals surface area contributed by atoms with Gasteiger partial charge < -0.3 is 9.84 Å². The second kappa shape index (κ2) is 6.71. The maximum atomic E-state index is 11.4. The molecule has 0 amide bonds. The standard InChI is InChI=1S/C15H27NO3/c1-3-8-16(13-7-5-6-11(13)4-2)14-10-19-9-12(14)15(17)18/h11-14H,3-10H2,1-2H3,(H,17,18). The van der Waals surface area contributed by atoms with E-state index >= 15 is 0 Å². The third kappa shape index (κ3) is 3.11. The Morgan fingerprint density at radius 2 is 2.05 bits per heavy atom.